The van der Waals surface area contributed by atoms with E-state index in [0.717, 1.165) is 59.0 Å². The number of carbonyl (C=O) groups excluding carboxylic acids is 2. The number of benzene rings is 3. The van der Waals surface area contributed by atoms with Crippen molar-refractivity contribution < 1.29 is 19.1 Å². The van der Waals surface area contributed by atoms with Crippen LogP contribution in [-0.2, 0) is 13.0 Å². The molecule has 1 saturated heterocycles. The predicted molar refractivity (Wildman–Crippen MR) is 179 cm³/mol. The van der Waals surface area contributed by atoms with E-state index in [1.807, 2.05) is 72.9 Å². The van der Waals surface area contributed by atoms with Crippen molar-refractivity contribution >= 4 is 11.8 Å². The summed E-state index contributed by atoms with van der Waals surface area (Å²) in [4.78, 5) is 37.8. The molecule has 0 spiro atoms. The molecule has 0 atom stereocenters. The van der Waals surface area contributed by atoms with Crippen molar-refractivity contribution in [2.45, 2.75) is 32.2 Å². The molecule has 8 heteroatoms. The normalized spacial score (nSPS) is 16.3. The van der Waals surface area contributed by atoms with Crippen LogP contribution in [0.5, 0.6) is 11.5 Å². The van der Waals surface area contributed by atoms with Crippen molar-refractivity contribution in [1.29, 1.82) is 0 Å². The molecule has 46 heavy (non-hydrogen) atoms. The largest absolute Gasteiger partial charge is 0.496 e. The van der Waals surface area contributed by atoms with Crippen molar-refractivity contribution in [3.8, 4) is 22.6 Å². The number of hydrogen-bond donors (Lipinski definition) is 0. The van der Waals surface area contributed by atoms with Crippen LogP contribution in [0.2, 0.25) is 0 Å². The van der Waals surface area contributed by atoms with Crippen LogP contribution in [0.25, 0.3) is 11.1 Å². The SMILES string of the molecule is COc1ccc(C(=O)N2CCOc3ccc(-c4cccnc4)cc3Cc3cccc(c3)C(=O)N(C)CC2)cc1CN1CCCCC1. The van der Waals surface area contributed by atoms with Crippen LogP contribution in [-0.4, -0.2) is 85.0 Å². The van der Waals surface area contributed by atoms with Crippen molar-refractivity contribution in [2.24, 2.45) is 0 Å². The number of fused-ring (bicyclic) bond motifs is 3. The number of carbonyl (C=O) groups is 2. The number of rotatable bonds is 5. The van der Waals surface area contributed by atoms with Gasteiger partial charge in [-0.2, -0.15) is 0 Å². The van der Waals surface area contributed by atoms with Crippen LogP contribution in [0.15, 0.2) is 85.2 Å². The van der Waals surface area contributed by atoms with Gasteiger partial charge in [-0.25, -0.2) is 0 Å². The number of amides is 2. The number of aromatic nitrogens is 1. The van der Waals surface area contributed by atoms with E-state index in [1.54, 1.807) is 30.2 Å². The van der Waals surface area contributed by atoms with Crippen molar-refractivity contribution in [3.05, 3.63) is 113 Å². The Morgan fingerprint density at radius 3 is 2.52 bits per heavy atom. The first-order valence-electron chi connectivity index (χ1n) is 16.2. The van der Waals surface area contributed by atoms with E-state index in [1.165, 1.54) is 19.3 Å². The number of hydrogen-bond acceptors (Lipinski definition) is 6. The van der Waals surface area contributed by atoms with Crippen LogP contribution in [0.4, 0.5) is 0 Å². The highest BCUT2D eigenvalue weighted by molar-refractivity contribution is 5.95. The molecule has 1 aromatic heterocycles. The molecule has 0 radical (unpaired) electrons. The molecule has 0 N–H and O–H groups in total. The minimum Gasteiger partial charge on any atom is -0.496 e. The Labute approximate surface area is 271 Å². The van der Waals surface area contributed by atoms with Crippen molar-refractivity contribution in [2.75, 3.05) is 53.5 Å². The molecule has 238 valence electrons. The Morgan fingerprint density at radius 1 is 0.870 bits per heavy atom. The van der Waals surface area contributed by atoms with Crippen molar-refractivity contribution in [1.82, 2.24) is 19.7 Å². The molecule has 2 bridgehead atoms. The van der Waals surface area contributed by atoms with E-state index in [2.05, 4.69) is 16.0 Å². The zero-order valence-corrected chi connectivity index (χ0v) is 26.8. The molecule has 2 aliphatic heterocycles. The summed E-state index contributed by atoms with van der Waals surface area (Å²) in [5.41, 5.74) is 6.34. The zero-order chi connectivity index (χ0) is 31.9. The molecule has 3 heterocycles. The molecule has 2 aliphatic rings. The fourth-order valence-corrected chi connectivity index (χ4v) is 6.36. The monoisotopic (exact) mass is 618 g/mol. The third-order valence-electron chi connectivity index (χ3n) is 8.95. The van der Waals surface area contributed by atoms with E-state index in [0.29, 0.717) is 43.8 Å². The van der Waals surface area contributed by atoms with Gasteiger partial charge in [0.1, 0.15) is 18.1 Å². The standard InChI is InChI=1S/C38H42N4O4/c1-40-18-19-42(38(44)31-12-13-35(45-2)34(25-31)27-41-16-4-3-5-17-41)20-21-46-36-14-11-29(32-10-7-15-39-26-32)24-33(36)23-28-8-6-9-30(22-28)37(40)43/h6-15,22,24-26H,3-5,16-21,23,27H2,1-2H3. The number of ether oxygens (including phenoxy) is 2. The number of methoxy groups -OCH3 is 1. The summed E-state index contributed by atoms with van der Waals surface area (Å²) in [6.07, 6.45) is 7.86. The molecular weight excluding hydrogens is 576 g/mol. The third-order valence-corrected chi connectivity index (χ3v) is 8.95. The molecule has 2 amide bonds. The second-order valence-corrected chi connectivity index (χ2v) is 12.2. The summed E-state index contributed by atoms with van der Waals surface area (Å²) in [6, 6.07) is 23.6. The Hall–Kier alpha value is -4.69. The van der Waals surface area contributed by atoms with E-state index < -0.39 is 0 Å². The molecule has 0 aliphatic carbocycles. The quantitative estimate of drug-likeness (QED) is 0.276. The number of pyridine rings is 1. The van der Waals surface area contributed by atoms with E-state index in [4.69, 9.17) is 9.47 Å². The zero-order valence-electron chi connectivity index (χ0n) is 26.8. The first-order valence-corrected chi connectivity index (χ1v) is 16.2. The minimum atomic E-state index is -0.0896. The Bertz CT molecular complexity index is 1670. The maximum Gasteiger partial charge on any atom is 0.254 e. The molecule has 8 nitrogen and oxygen atoms in total. The Morgan fingerprint density at radius 2 is 1.72 bits per heavy atom. The second kappa shape index (κ2) is 14.6. The van der Waals surface area contributed by atoms with Gasteiger partial charge in [-0.3, -0.25) is 19.5 Å². The molecule has 0 unspecified atom stereocenters. The average Bonchev–Trinajstić information content (AvgIpc) is 3.10. The Kier molecular flexibility index (Phi) is 9.94. The highest BCUT2D eigenvalue weighted by atomic mass is 16.5. The van der Waals surface area contributed by atoms with Crippen LogP contribution in [0, 0.1) is 0 Å². The summed E-state index contributed by atoms with van der Waals surface area (Å²) < 4.78 is 12.1. The average molecular weight is 619 g/mol. The van der Waals surface area contributed by atoms with Gasteiger partial charge in [0.05, 0.1) is 13.7 Å². The smallest absolute Gasteiger partial charge is 0.254 e. The fourth-order valence-electron chi connectivity index (χ4n) is 6.36. The lowest BCUT2D eigenvalue weighted by molar-refractivity contribution is 0.0668. The summed E-state index contributed by atoms with van der Waals surface area (Å²) in [6.45, 7) is 4.34. The van der Waals surface area contributed by atoms with Gasteiger partial charge < -0.3 is 19.3 Å². The lowest BCUT2D eigenvalue weighted by atomic mass is 9.98. The number of likely N-dealkylation sites (tertiary alicyclic amines) is 1. The van der Waals surface area contributed by atoms with Gasteiger partial charge in [0, 0.05) is 67.8 Å². The second-order valence-electron chi connectivity index (χ2n) is 12.2. The van der Waals surface area contributed by atoms with Crippen molar-refractivity contribution in [3.63, 3.8) is 0 Å². The molecule has 3 aromatic carbocycles. The maximum absolute atomic E-state index is 14.1. The maximum atomic E-state index is 14.1. The number of likely N-dealkylation sites (N-methyl/N-ethyl adjacent to an activating group) is 1. The Balaban J connectivity index is 1.29. The first kappa shape index (κ1) is 31.3. The number of piperidine rings is 1. The highest BCUT2D eigenvalue weighted by Gasteiger charge is 2.22. The lowest BCUT2D eigenvalue weighted by Gasteiger charge is -2.28. The molecular formula is C38H42N4O4. The molecule has 1 fully saturated rings. The van der Waals surface area contributed by atoms with Gasteiger partial charge in [-0.1, -0.05) is 30.7 Å². The van der Waals surface area contributed by atoms with E-state index in [-0.39, 0.29) is 11.8 Å². The van der Waals surface area contributed by atoms with Crippen LogP contribution in [0.1, 0.15) is 56.7 Å². The third kappa shape index (κ3) is 7.40. The predicted octanol–water partition coefficient (Wildman–Crippen LogP) is 5.94. The van der Waals surface area contributed by atoms with Gasteiger partial charge >= 0.3 is 0 Å². The molecule has 0 saturated carbocycles. The summed E-state index contributed by atoms with van der Waals surface area (Å²) >= 11 is 0. The summed E-state index contributed by atoms with van der Waals surface area (Å²) in [5.74, 6) is 1.40. The van der Waals surface area contributed by atoms with Gasteiger partial charge in [0.15, 0.2) is 0 Å². The summed E-state index contributed by atoms with van der Waals surface area (Å²) in [5, 5.41) is 0. The highest BCUT2D eigenvalue weighted by Crippen LogP contribution is 2.29. The topological polar surface area (TPSA) is 75.2 Å². The lowest BCUT2D eigenvalue weighted by Crippen LogP contribution is -2.41. The van der Waals surface area contributed by atoms with Gasteiger partial charge in [0.25, 0.3) is 11.8 Å². The molecule has 4 aromatic rings. The van der Waals surface area contributed by atoms with Gasteiger partial charge in [0.2, 0.25) is 0 Å². The van der Waals surface area contributed by atoms with Gasteiger partial charge in [-0.15, -0.1) is 0 Å². The van der Waals surface area contributed by atoms with Crippen LogP contribution < -0.4 is 9.47 Å². The van der Waals surface area contributed by atoms with Crippen LogP contribution >= 0.6 is 0 Å². The van der Waals surface area contributed by atoms with Gasteiger partial charge in [-0.05, 0) is 91.2 Å². The van der Waals surface area contributed by atoms with E-state index in [9.17, 15) is 9.59 Å². The van der Waals surface area contributed by atoms with E-state index >= 15 is 0 Å². The first-order chi connectivity index (χ1) is 22.5. The summed E-state index contributed by atoms with van der Waals surface area (Å²) in [7, 11) is 3.47. The van der Waals surface area contributed by atoms with Crippen LogP contribution in [0.3, 0.4) is 0 Å². The molecule has 6 rings (SSSR count). The number of nitrogens with zero attached hydrogens (tertiary/aromatic N) is 4. The minimum absolute atomic E-state index is 0.0693. The fraction of sp³-hybridized carbons (Fsp3) is 0.342.